The number of hydrogen-bond acceptors (Lipinski definition) is 6. The maximum Gasteiger partial charge on any atom is 0.310 e. The first-order valence-corrected chi connectivity index (χ1v) is 30.4. The molecule has 73 heavy (non-hydrogen) atoms. The summed E-state index contributed by atoms with van der Waals surface area (Å²) in [6.45, 7) is 6.40. The third kappa shape index (κ3) is 58.8. The highest BCUT2D eigenvalue weighted by Crippen LogP contribution is 2.15. The second kappa shape index (κ2) is 60.6. The van der Waals surface area contributed by atoms with E-state index in [4.69, 9.17) is 14.2 Å². The fourth-order valence-electron chi connectivity index (χ4n) is 8.23. The quantitative estimate of drug-likeness (QED) is 0.0261. The molecule has 1 unspecified atom stereocenters. The average Bonchev–Trinajstić information content (AvgIpc) is 3.39. The molecule has 6 heteroatoms. The van der Waals surface area contributed by atoms with E-state index in [2.05, 4.69) is 118 Å². The predicted molar refractivity (Wildman–Crippen MR) is 316 cm³/mol. The molecule has 0 spiro atoms. The number of carbonyl (C=O) groups excluding carboxylic acids is 3. The molecule has 0 saturated carbocycles. The van der Waals surface area contributed by atoms with E-state index >= 15 is 0 Å². The molecule has 0 aromatic rings. The van der Waals surface area contributed by atoms with Crippen molar-refractivity contribution in [1.29, 1.82) is 0 Å². The topological polar surface area (TPSA) is 78.9 Å². The van der Waals surface area contributed by atoms with Crippen LogP contribution in [-0.2, 0) is 28.6 Å². The van der Waals surface area contributed by atoms with Gasteiger partial charge in [-0.3, -0.25) is 14.4 Å². The van der Waals surface area contributed by atoms with Crippen molar-refractivity contribution in [3.8, 4) is 0 Å². The second-order valence-electron chi connectivity index (χ2n) is 19.9. The van der Waals surface area contributed by atoms with Gasteiger partial charge in [0.2, 0.25) is 0 Å². The van der Waals surface area contributed by atoms with Gasteiger partial charge in [-0.25, -0.2) is 0 Å². The summed E-state index contributed by atoms with van der Waals surface area (Å²) in [5.74, 6) is -1.07. The van der Waals surface area contributed by atoms with Crippen LogP contribution in [0, 0.1) is 0 Å². The SMILES string of the molecule is CC/C=C\C/C=C\C/C=C\C/C=C\C/C=C\CC(=O)OC(COC(=O)CCCCCCC/C=C\C/C=C\CCCCC)COC(=O)CCCCCCCCCCCCCCC/C=C\C/C=C\CCCCCCC. The highest BCUT2D eigenvalue weighted by Gasteiger charge is 2.19. The van der Waals surface area contributed by atoms with E-state index in [-0.39, 0.29) is 31.6 Å². The maximum absolute atomic E-state index is 12.8. The van der Waals surface area contributed by atoms with Crippen LogP contribution in [0.5, 0.6) is 0 Å². The molecule has 416 valence electrons. The molecule has 0 aliphatic rings. The number of esters is 3. The van der Waals surface area contributed by atoms with Gasteiger partial charge < -0.3 is 14.2 Å². The minimum Gasteiger partial charge on any atom is -0.462 e. The highest BCUT2D eigenvalue weighted by atomic mass is 16.6. The van der Waals surface area contributed by atoms with Crippen molar-refractivity contribution >= 4 is 17.9 Å². The van der Waals surface area contributed by atoms with Crippen molar-refractivity contribution in [3.63, 3.8) is 0 Å². The zero-order valence-corrected chi connectivity index (χ0v) is 47.6. The molecule has 0 amide bonds. The van der Waals surface area contributed by atoms with Gasteiger partial charge in [-0.1, -0.05) is 259 Å². The van der Waals surface area contributed by atoms with E-state index in [0.29, 0.717) is 19.3 Å². The third-order valence-corrected chi connectivity index (χ3v) is 12.8. The number of rotatable bonds is 54. The smallest absolute Gasteiger partial charge is 0.310 e. The number of ether oxygens (including phenoxy) is 3. The molecule has 0 heterocycles. The van der Waals surface area contributed by atoms with Gasteiger partial charge in [-0.05, 0) is 109 Å². The van der Waals surface area contributed by atoms with Gasteiger partial charge in [-0.2, -0.15) is 0 Å². The second-order valence-corrected chi connectivity index (χ2v) is 19.9. The fourth-order valence-corrected chi connectivity index (χ4v) is 8.23. The molecular weight excluding hydrogens is 901 g/mol. The summed E-state index contributed by atoms with van der Waals surface area (Å²) in [5.41, 5.74) is 0. The van der Waals surface area contributed by atoms with E-state index in [1.54, 1.807) is 6.08 Å². The predicted octanol–water partition coefficient (Wildman–Crippen LogP) is 20.7. The monoisotopic (exact) mass is 1010 g/mol. The Bertz CT molecular complexity index is 1490. The van der Waals surface area contributed by atoms with Gasteiger partial charge >= 0.3 is 17.9 Å². The Hall–Kier alpha value is -3.93. The molecule has 0 radical (unpaired) electrons. The van der Waals surface area contributed by atoms with Crippen LogP contribution in [0.25, 0.3) is 0 Å². The molecule has 0 aromatic heterocycles. The molecule has 0 saturated heterocycles. The first-order chi connectivity index (χ1) is 36.0. The number of unbranched alkanes of at least 4 members (excludes halogenated alkanes) is 26. The van der Waals surface area contributed by atoms with E-state index < -0.39 is 12.1 Å². The highest BCUT2D eigenvalue weighted by molar-refractivity contribution is 5.72. The first-order valence-electron chi connectivity index (χ1n) is 30.4. The van der Waals surface area contributed by atoms with Gasteiger partial charge in [0.15, 0.2) is 6.10 Å². The van der Waals surface area contributed by atoms with Crippen molar-refractivity contribution in [3.05, 3.63) is 109 Å². The van der Waals surface area contributed by atoms with Crippen LogP contribution in [0.15, 0.2) is 109 Å². The van der Waals surface area contributed by atoms with Gasteiger partial charge in [0.25, 0.3) is 0 Å². The summed E-state index contributed by atoms with van der Waals surface area (Å²) in [6, 6.07) is 0. The van der Waals surface area contributed by atoms with Crippen molar-refractivity contribution in [1.82, 2.24) is 0 Å². The van der Waals surface area contributed by atoms with Gasteiger partial charge in [0.05, 0.1) is 6.42 Å². The lowest BCUT2D eigenvalue weighted by Crippen LogP contribution is -2.30. The van der Waals surface area contributed by atoms with Crippen LogP contribution in [-0.4, -0.2) is 37.2 Å². The number of allylic oxidation sites excluding steroid dienone is 17. The number of hydrogen-bond donors (Lipinski definition) is 0. The van der Waals surface area contributed by atoms with Crippen LogP contribution in [0.1, 0.15) is 278 Å². The molecular formula is C67H112O6. The summed E-state index contributed by atoms with van der Waals surface area (Å²) in [7, 11) is 0. The Morgan fingerprint density at radius 2 is 0.575 bits per heavy atom. The lowest BCUT2D eigenvalue weighted by molar-refractivity contribution is -0.166. The van der Waals surface area contributed by atoms with Crippen LogP contribution in [0.4, 0.5) is 0 Å². The Labute approximate surface area is 450 Å². The summed E-state index contributed by atoms with van der Waals surface area (Å²) < 4.78 is 16.8. The van der Waals surface area contributed by atoms with Crippen LogP contribution >= 0.6 is 0 Å². The third-order valence-electron chi connectivity index (χ3n) is 12.8. The van der Waals surface area contributed by atoms with E-state index in [1.165, 1.54) is 135 Å². The Kier molecular flexibility index (Phi) is 57.4. The Morgan fingerprint density at radius 3 is 0.932 bits per heavy atom. The van der Waals surface area contributed by atoms with Crippen molar-refractivity contribution in [2.45, 2.75) is 284 Å². The molecule has 6 nitrogen and oxygen atoms in total. The Balaban J connectivity index is 4.40. The zero-order valence-electron chi connectivity index (χ0n) is 47.6. The zero-order chi connectivity index (χ0) is 52.9. The maximum atomic E-state index is 12.8. The normalized spacial score (nSPS) is 12.9. The number of carbonyl (C=O) groups is 3. The molecule has 0 N–H and O–H groups in total. The summed E-state index contributed by atoms with van der Waals surface area (Å²) in [5, 5.41) is 0. The van der Waals surface area contributed by atoms with Crippen LogP contribution in [0.3, 0.4) is 0 Å². The summed E-state index contributed by atoms with van der Waals surface area (Å²) in [4.78, 5) is 38.1. The lowest BCUT2D eigenvalue weighted by Gasteiger charge is -2.18. The van der Waals surface area contributed by atoms with Gasteiger partial charge in [-0.15, -0.1) is 0 Å². The minimum absolute atomic E-state index is 0.0914. The molecule has 0 aliphatic heterocycles. The summed E-state index contributed by atoms with van der Waals surface area (Å²) in [6.07, 6.45) is 82.6. The van der Waals surface area contributed by atoms with E-state index in [1.807, 2.05) is 6.08 Å². The molecule has 0 aromatic carbocycles. The van der Waals surface area contributed by atoms with Crippen LogP contribution in [0.2, 0.25) is 0 Å². The molecule has 0 rings (SSSR count). The standard InChI is InChI=1S/C67H112O6/c1-4-7-10-13-16-19-22-25-28-29-30-31-32-33-34-35-36-37-40-42-45-48-51-54-57-60-66(69)72-63-64(73-67(70)61-58-55-52-49-46-43-39-27-24-21-18-15-12-9-6-3)62-71-65(68)59-56-53-50-47-44-41-38-26-23-20-17-14-11-8-5-2/h9,12,17-18,20-22,25-27,29-30,38-39,46,49,55,58,64H,4-8,10-11,13-16,19,23-24,28,31-37,40-45,47-48,50-54,56-57,59-63H2,1-3H3/b12-9-,20-17-,21-18-,25-22-,30-29-,38-26-,39-27-,49-46-,58-55-. The molecule has 0 fully saturated rings. The Morgan fingerprint density at radius 1 is 0.301 bits per heavy atom. The van der Waals surface area contributed by atoms with E-state index in [0.717, 1.165) is 96.3 Å². The molecule has 0 bridgehead atoms. The first kappa shape index (κ1) is 69.1. The van der Waals surface area contributed by atoms with Crippen molar-refractivity contribution in [2.75, 3.05) is 13.2 Å². The van der Waals surface area contributed by atoms with Crippen LogP contribution < -0.4 is 0 Å². The van der Waals surface area contributed by atoms with E-state index in [9.17, 15) is 14.4 Å². The minimum atomic E-state index is -0.840. The molecule has 0 aliphatic carbocycles. The average molecular weight is 1010 g/mol. The van der Waals surface area contributed by atoms with Gasteiger partial charge in [0.1, 0.15) is 13.2 Å². The molecule has 1 atom stereocenters. The van der Waals surface area contributed by atoms with Crippen molar-refractivity contribution < 1.29 is 28.6 Å². The van der Waals surface area contributed by atoms with Crippen molar-refractivity contribution in [2.24, 2.45) is 0 Å². The lowest BCUT2D eigenvalue weighted by atomic mass is 10.0. The summed E-state index contributed by atoms with van der Waals surface area (Å²) >= 11 is 0. The fraction of sp³-hybridized carbons (Fsp3) is 0.687. The largest absolute Gasteiger partial charge is 0.462 e. The van der Waals surface area contributed by atoms with Gasteiger partial charge in [0, 0.05) is 12.8 Å².